The largest absolute Gasteiger partial charge is 0.379 e. The van der Waals surface area contributed by atoms with E-state index in [4.69, 9.17) is 22.1 Å². The van der Waals surface area contributed by atoms with Crippen LogP contribution in [0.1, 0.15) is 23.6 Å². The van der Waals surface area contributed by atoms with Crippen molar-refractivity contribution in [2.45, 2.75) is 17.4 Å². The van der Waals surface area contributed by atoms with E-state index in [2.05, 4.69) is 29.6 Å². The Hall–Kier alpha value is -3.11. The van der Waals surface area contributed by atoms with Gasteiger partial charge in [0.25, 0.3) is 0 Å². The molecule has 7 nitrogen and oxygen atoms in total. The fourth-order valence-electron chi connectivity index (χ4n) is 4.26. The van der Waals surface area contributed by atoms with Crippen LogP contribution in [-0.2, 0) is 14.8 Å². The third kappa shape index (κ3) is 5.13. The summed E-state index contributed by atoms with van der Waals surface area (Å²) < 4.78 is 32.5. The molecule has 0 saturated carbocycles. The van der Waals surface area contributed by atoms with E-state index in [0.717, 1.165) is 23.3 Å². The van der Waals surface area contributed by atoms with E-state index in [1.807, 2.05) is 41.4 Å². The number of benzene rings is 3. The predicted molar refractivity (Wildman–Crippen MR) is 141 cm³/mol. The topological polar surface area (TPSA) is 74.2 Å². The molecule has 0 aromatic heterocycles. The van der Waals surface area contributed by atoms with Gasteiger partial charge in [-0.15, -0.1) is 0 Å². The average molecular weight is 507 g/mol. The van der Waals surface area contributed by atoms with Gasteiger partial charge in [0.1, 0.15) is 0 Å². The SMILES string of the molecule is O=S(=O)(c1ccc(NC(=S)N2N=C(c3ccccc3)CC2c2ccccc2)cc1)N1CCOCC1. The molecule has 1 unspecified atom stereocenters. The van der Waals surface area contributed by atoms with Gasteiger partial charge in [0.05, 0.1) is 29.9 Å². The normalized spacial score (nSPS) is 18.8. The summed E-state index contributed by atoms with van der Waals surface area (Å²) in [6, 6.07) is 26.9. The van der Waals surface area contributed by atoms with Crippen molar-refractivity contribution in [2.24, 2.45) is 5.10 Å². The van der Waals surface area contributed by atoms with E-state index in [1.54, 1.807) is 24.3 Å². The van der Waals surface area contributed by atoms with Crippen molar-refractivity contribution in [3.8, 4) is 0 Å². The summed E-state index contributed by atoms with van der Waals surface area (Å²) in [6.07, 6.45) is 0.729. The number of sulfonamides is 1. The lowest BCUT2D eigenvalue weighted by atomic mass is 9.99. The number of hydrazone groups is 1. The highest BCUT2D eigenvalue weighted by molar-refractivity contribution is 7.89. The number of hydrogen-bond donors (Lipinski definition) is 1. The molecule has 180 valence electrons. The second-order valence-electron chi connectivity index (χ2n) is 8.36. The summed E-state index contributed by atoms with van der Waals surface area (Å²) in [5, 5.41) is 10.4. The standard InChI is InChI=1S/C26H26N4O3S2/c31-35(32,29-15-17-33-18-16-29)23-13-11-22(12-14-23)27-26(34)30-25(21-9-5-2-6-10-21)19-24(28-30)20-7-3-1-4-8-20/h1-14,25H,15-19H2,(H,27,34). The fraction of sp³-hybridized carbons (Fsp3) is 0.231. The van der Waals surface area contributed by atoms with E-state index in [0.29, 0.717) is 37.1 Å². The van der Waals surface area contributed by atoms with E-state index in [9.17, 15) is 8.42 Å². The first-order chi connectivity index (χ1) is 17.0. The van der Waals surface area contributed by atoms with Gasteiger partial charge in [-0.2, -0.15) is 9.41 Å². The van der Waals surface area contributed by atoms with Crippen LogP contribution in [0.4, 0.5) is 5.69 Å². The van der Waals surface area contributed by atoms with Crippen LogP contribution in [0, 0.1) is 0 Å². The average Bonchev–Trinajstić information content (AvgIpc) is 3.36. The maximum Gasteiger partial charge on any atom is 0.243 e. The lowest BCUT2D eigenvalue weighted by Gasteiger charge is -2.26. The molecule has 2 aliphatic heterocycles. The maximum absolute atomic E-state index is 12.9. The Bertz CT molecular complexity index is 1310. The van der Waals surface area contributed by atoms with Crippen molar-refractivity contribution < 1.29 is 13.2 Å². The van der Waals surface area contributed by atoms with Crippen molar-refractivity contribution >= 4 is 38.8 Å². The minimum Gasteiger partial charge on any atom is -0.379 e. The van der Waals surface area contributed by atoms with Crippen LogP contribution in [0.15, 0.2) is 94.9 Å². The van der Waals surface area contributed by atoms with Gasteiger partial charge in [-0.3, -0.25) is 0 Å². The van der Waals surface area contributed by atoms with Crippen molar-refractivity contribution in [3.05, 3.63) is 96.1 Å². The molecule has 0 spiro atoms. The predicted octanol–water partition coefficient (Wildman–Crippen LogP) is 4.26. The summed E-state index contributed by atoms with van der Waals surface area (Å²) in [7, 11) is -3.55. The highest BCUT2D eigenvalue weighted by Gasteiger charge is 2.31. The fourth-order valence-corrected chi connectivity index (χ4v) is 5.96. The third-order valence-corrected chi connectivity index (χ3v) is 8.33. The first-order valence-electron chi connectivity index (χ1n) is 11.5. The second kappa shape index (κ2) is 10.2. The summed E-state index contributed by atoms with van der Waals surface area (Å²) >= 11 is 5.75. The van der Waals surface area contributed by atoms with Gasteiger partial charge < -0.3 is 10.1 Å². The second-order valence-corrected chi connectivity index (χ2v) is 10.7. The summed E-state index contributed by atoms with van der Waals surface area (Å²) in [4.78, 5) is 0.253. The zero-order chi connectivity index (χ0) is 24.3. The Kier molecular flexibility index (Phi) is 6.92. The van der Waals surface area contributed by atoms with Crippen LogP contribution in [0.5, 0.6) is 0 Å². The van der Waals surface area contributed by atoms with Gasteiger partial charge in [-0.05, 0) is 47.6 Å². The molecule has 35 heavy (non-hydrogen) atoms. The molecule has 2 heterocycles. The Morgan fingerprint density at radius 2 is 1.54 bits per heavy atom. The third-order valence-electron chi connectivity index (χ3n) is 6.12. The van der Waals surface area contributed by atoms with Crippen molar-refractivity contribution in [2.75, 3.05) is 31.6 Å². The van der Waals surface area contributed by atoms with E-state index in [-0.39, 0.29) is 10.9 Å². The molecule has 0 radical (unpaired) electrons. The molecular formula is C26H26N4O3S2. The molecule has 1 saturated heterocycles. The number of nitrogens with zero attached hydrogens (tertiary/aromatic N) is 3. The van der Waals surface area contributed by atoms with Crippen molar-refractivity contribution in [3.63, 3.8) is 0 Å². The molecule has 2 aliphatic rings. The van der Waals surface area contributed by atoms with Crippen molar-refractivity contribution in [1.29, 1.82) is 0 Å². The van der Waals surface area contributed by atoms with Crippen LogP contribution < -0.4 is 5.32 Å². The number of hydrogen-bond acceptors (Lipinski definition) is 5. The van der Waals surface area contributed by atoms with Gasteiger partial charge in [0, 0.05) is 25.2 Å². The monoisotopic (exact) mass is 506 g/mol. The Balaban J connectivity index is 1.35. The zero-order valence-electron chi connectivity index (χ0n) is 19.1. The van der Waals surface area contributed by atoms with Crippen molar-refractivity contribution in [1.82, 2.24) is 9.31 Å². The number of thiocarbonyl (C=S) groups is 1. The summed E-state index contributed by atoms with van der Waals surface area (Å²) in [5.74, 6) is 0. The van der Waals surface area contributed by atoms with E-state index < -0.39 is 10.0 Å². The molecule has 0 aliphatic carbocycles. The minimum absolute atomic E-state index is 0.0348. The quantitative estimate of drug-likeness (QED) is 0.522. The Morgan fingerprint density at radius 1 is 0.914 bits per heavy atom. The smallest absolute Gasteiger partial charge is 0.243 e. The molecule has 3 aromatic rings. The van der Waals surface area contributed by atoms with E-state index >= 15 is 0 Å². The van der Waals surface area contributed by atoms with Gasteiger partial charge in [-0.25, -0.2) is 13.4 Å². The first-order valence-corrected chi connectivity index (χ1v) is 13.3. The molecular weight excluding hydrogens is 480 g/mol. The number of ether oxygens (including phenoxy) is 1. The molecule has 9 heteroatoms. The number of anilines is 1. The molecule has 1 N–H and O–H groups in total. The number of rotatable bonds is 5. The molecule has 3 aromatic carbocycles. The molecule has 1 fully saturated rings. The van der Waals surface area contributed by atoms with Crippen LogP contribution in [0.3, 0.4) is 0 Å². The Labute approximate surface area is 211 Å². The lowest BCUT2D eigenvalue weighted by molar-refractivity contribution is 0.0730. The van der Waals surface area contributed by atoms with Crippen LogP contribution >= 0.6 is 12.2 Å². The van der Waals surface area contributed by atoms with Gasteiger partial charge in [-0.1, -0.05) is 60.7 Å². The number of nitrogens with one attached hydrogen (secondary N) is 1. The van der Waals surface area contributed by atoms with Gasteiger partial charge in [0.15, 0.2) is 5.11 Å². The Morgan fingerprint density at radius 3 is 2.20 bits per heavy atom. The molecule has 0 bridgehead atoms. The van der Waals surface area contributed by atoms with Gasteiger partial charge >= 0.3 is 0 Å². The molecule has 0 amide bonds. The first kappa shape index (κ1) is 23.6. The summed E-state index contributed by atoms with van der Waals surface area (Å²) in [6.45, 7) is 1.56. The highest BCUT2D eigenvalue weighted by Crippen LogP contribution is 2.33. The van der Waals surface area contributed by atoms with Crippen LogP contribution in [0.2, 0.25) is 0 Å². The maximum atomic E-state index is 12.9. The highest BCUT2D eigenvalue weighted by atomic mass is 32.2. The lowest BCUT2D eigenvalue weighted by Crippen LogP contribution is -2.40. The van der Waals surface area contributed by atoms with Gasteiger partial charge in [0.2, 0.25) is 10.0 Å². The summed E-state index contributed by atoms with van der Waals surface area (Å²) in [5.41, 5.74) is 3.86. The van der Waals surface area contributed by atoms with E-state index in [1.165, 1.54) is 4.31 Å². The van der Waals surface area contributed by atoms with Crippen LogP contribution in [0.25, 0.3) is 0 Å². The minimum atomic E-state index is -3.55. The zero-order valence-corrected chi connectivity index (χ0v) is 20.7. The van der Waals surface area contributed by atoms with Crippen LogP contribution in [-0.4, -0.2) is 54.9 Å². The molecule has 1 atom stereocenters. The molecule has 5 rings (SSSR count). The number of morpholine rings is 1.